The highest BCUT2D eigenvalue weighted by molar-refractivity contribution is 7.86. The number of hydrogen-bond donors (Lipinski definition) is 1. The Morgan fingerprint density at radius 3 is 2.17 bits per heavy atom. The summed E-state index contributed by atoms with van der Waals surface area (Å²) in [5, 5.41) is 3.00. The van der Waals surface area contributed by atoms with Crippen LogP contribution in [0.1, 0.15) is 24.0 Å². The maximum absolute atomic E-state index is 12.6. The summed E-state index contributed by atoms with van der Waals surface area (Å²) in [5.41, 5.74) is -0.119. The number of halogens is 3. The summed E-state index contributed by atoms with van der Waals surface area (Å²) in [6, 6.07) is 11.0. The Morgan fingerprint density at radius 2 is 1.66 bits per heavy atom. The minimum absolute atomic E-state index is 0.101. The second kappa shape index (κ2) is 7.00. The van der Waals surface area contributed by atoms with E-state index in [0.717, 1.165) is 17.7 Å². The van der Waals surface area contributed by atoms with Crippen LogP contribution in [0.5, 0.6) is 5.75 Å². The number of benzene rings is 2. The molecule has 156 valence electrons. The van der Waals surface area contributed by atoms with E-state index in [1.54, 1.807) is 12.1 Å². The van der Waals surface area contributed by atoms with E-state index in [-0.39, 0.29) is 16.4 Å². The zero-order valence-electron chi connectivity index (χ0n) is 15.6. The second-order valence-corrected chi connectivity index (χ2v) is 9.23. The fourth-order valence-electron chi connectivity index (χ4n) is 3.70. The Hall–Kier alpha value is -2.10. The molecular weight excluding hydrogens is 407 g/mol. The SMILES string of the molecule is Cc1ccc(S(=O)(=O)OC2NCC23CC(Oc2ccc(C(F)(F)F)cc2)C3)cc1. The third-order valence-electron chi connectivity index (χ3n) is 5.48. The summed E-state index contributed by atoms with van der Waals surface area (Å²) in [7, 11) is -3.89. The Labute approximate surface area is 167 Å². The number of aryl methyl sites for hydroxylation is 1. The predicted molar refractivity (Wildman–Crippen MR) is 98.8 cm³/mol. The van der Waals surface area contributed by atoms with Crippen molar-refractivity contribution < 1.29 is 30.5 Å². The fraction of sp³-hybridized carbons (Fsp3) is 0.400. The molecule has 1 spiro atoms. The van der Waals surface area contributed by atoms with Gasteiger partial charge >= 0.3 is 6.18 Å². The van der Waals surface area contributed by atoms with Crippen LogP contribution >= 0.6 is 0 Å². The zero-order chi connectivity index (χ0) is 20.9. The summed E-state index contributed by atoms with van der Waals surface area (Å²) in [4.78, 5) is 0.101. The largest absolute Gasteiger partial charge is 0.490 e. The van der Waals surface area contributed by atoms with Crippen LogP contribution in [-0.4, -0.2) is 27.3 Å². The van der Waals surface area contributed by atoms with Crippen molar-refractivity contribution in [1.29, 1.82) is 0 Å². The van der Waals surface area contributed by atoms with Crippen LogP contribution in [0.25, 0.3) is 0 Å². The third-order valence-corrected chi connectivity index (χ3v) is 6.78. The molecule has 1 aliphatic heterocycles. The van der Waals surface area contributed by atoms with Gasteiger partial charge in [-0.05, 0) is 56.2 Å². The van der Waals surface area contributed by atoms with Crippen LogP contribution < -0.4 is 10.1 Å². The van der Waals surface area contributed by atoms with Crippen LogP contribution in [-0.2, 0) is 20.5 Å². The average Bonchev–Trinajstić information content (AvgIpc) is 2.61. The van der Waals surface area contributed by atoms with Crippen molar-refractivity contribution in [1.82, 2.24) is 5.32 Å². The van der Waals surface area contributed by atoms with Gasteiger partial charge in [0.1, 0.15) is 18.1 Å². The molecule has 2 aromatic carbocycles. The molecule has 4 rings (SSSR count). The van der Waals surface area contributed by atoms with Gasteiger partial charge in [-0.15, -0.1) is 0 Å². The summed E-state index contributed by atoms with van der Waals surface area (Å²) >= 11 is 0. The Balaban J connectivity index is 1.34. The molecule has 2 aromatic rings. The molecule has 1 heterocycles. The molecule has 0 aromatic heterocycles. The highest BCUT2D eigenvalue weighted by Crippen LogP contribution is 2.50. The first-order chi connectivity index (χ1) is 13.6. The van der Waals surface area contributed by atoms with E-state index in [1.165, 1.54) is 24.3 Å². The van der Waals surface area contributed by atoms with Gasteiger partial charge in [0.25, 0.3) is 10.1 Å². The van der Waals surface area contributed by atoms with Crippen molar-refractivity contribution in [3.63, 3.8) is 0 Å². The van der Waals surface area contributed by atoms with Gasteiger partial charge in [-0.3, -0.25) is 5.32 Å². The molecule has 1 atom stereocenters. The van der Waals surface area contributed by atoms with Crippen LogP contribution in [0, 0.1) is 12.3 Å². The molecule has 1 aliphatic carbocycles. The molecule has 5 nitrogen and oxygen atoms in total. The predicted octanol–water partition coefficient (Wildman–Crippen LogP) is 3.88. The highest BCUT2D eigenvalue weighted by Gasteiger charge is 2.58. The zero-order valence-corrected chi connectivity index (χ0v) is 16.4. The third kappa shape index (κ3) is 3.99. The van der Waals surface area contributed by atoms with E-state index in [1.807, 2.05) is 6.92 Å². The molecule has 2 aliphatic rings. The lowest BCUT2D eigenvalue weighted by Gasteiger charge is -2.57. The van der Waals surface area contributed by atoms with Gasteiger partial charge in [-0.2, -0.15) is 21.6 Å². The van der Waals surface area contributed by atoms with Crippen molar-refractivity contribution >= 4 is 10.1 Å². The Kier molecular flexibility index (Phi) is 4.87. The molecule has 1 saturated heterocycles. The molecule has 1 N–H and O–H groups in total. The van der Waals surface area contributed by atoms with Gasteiger partial charge in [0.15, 0.2) is 0 Å². The summed E-state index contributed by atoms with van der Waals surface area (Å²) in [5.74, 6) is 0.356. The molecule has 9 heteroatoms. The van der Waals surface area contributed by atoms with Crippen molar-refractivity contribution in [2.24, 2.45) is 5.41 Å². The van der Waals surface area contributed by atoms with Crippen LogP contribution in [0.2, 0.25) is 0 Å². The number of hydrogen-bond acceptors (Lipinski definition) is 5. The van der Waals surface area contributed by atoms with E-state index in [2.05, 4.69) is 5.32 Å². The summed E-state index contributed by atoms with van der Waals surface area (Å²) in [6.45, 7) is 2.47. The van der Waals surface area contributed by atoms with E-state index in [4.69, 9.17) is 8.92 Å². The van der Waals surface area contributed by atoms with Gasteiger partial charge in [0, 0.05) is 12.0 Å². The topological polar surface area (TPSA) is 64.6 Å². The summed E-state index contributed by atoms with van der Waals surface area (Å²) < 4.78 is 73.9. The molecule has 2 fully saturated rings. The first-order valence-corrected chi connectivity index (χ1v) is 10.6. The van der Waals surface area contributed by atoms with E-state index < -0.39 is 28.1 Å². The Morgan fingerprint density at radius 1 is 1.03 bits per heavy atom. The average molecular weight is 427 g/mol. The van der Waals surface area contributed by atoms with Gasteiger partial charge in [0.05, 0.1) is 10.5 Å². The smallest absolute Gasteiger partial charge is 0.416 e. The standard InChI is InChI=1S/C20H20F3NO4S/c1-13-2-8-17(9-3-13)29(25,26)28-18-19(12-24-18)10-16(11-19)27-15-6-4-14(5-7-15)20(21,22)23/h2-9,16,18,24H,10-12H2,1H3. The Bertz CT molecular complexity index is 982. The number of rotatable bonds is 5. The lowest BCUT2D eigenvalue weighted by Crippen LogP contribution is -2.70. The van der Waals surface area contributed by atoms with Crippen LogP contribution in [0.4, 0.5) is 13.2 Å². The monoisotopic (exact) mass is 427 g/mol. The van der Waals surface area contributed by atoms with Gasteiger partial charge in [-0.1, -0.05) is 17.7 Å². The molecule has 1 unspecified atom stereocenters. The lowest BCUT2D eigenvalue weighted by molar-refractivity contribution is -0.152. The van der Waals surface area contributed by atoms with Crippen molar-refractivity contribution in [2.45, 2.75) is 43.2 Å². The number of alkyl halides is 3. The molecule has 0 bridgehead atoms. The van der Waals surface area contributed by atoms with Crippen molar-refractivity contribution in [2.75, 3.05) is 6.54 Å². The molecule has 29 heavy (non-hydrogen) atoms. The second-order valence-electron chi connectivity index (χ2n) is 7.66. The van der Waals surface area contributed by atoms with E-state index in [9.17, 15) is 21.6 Å². The highest BCUT2D eigenvalue weighted by atomic mass is 32.2. The quantitative estimate of drug-likeness (QED) is 0.734. The maximum Gasteiger partial charge on any atom is 0.416 e. The maximum atomic E-state index is 12.6. The normalized spacial score (nSPS) is 26.6. The minimum atomic E-state index is -4.38. The number of nitrogens with one attached hydrogen (secondary N) is 1. The van der Waals surface area contributed by atoms with Crippen molar-refractivity contribution in [3.05, 3.63) is 59.7 Å². The van der Waals surface area contributed by atoms with Gasteiger partial charge in [-0.25, -0.2) is 4.18 Å². The van der Waals surface area contributed by atoms with Crippen molar-refractivity contribution in [3.8, 4) is 5.75 Å². The van der Waals surface area contributed by atoms with E-state index in [0.29, 0.717) is 25.1 Å². The van der Waals surface area contributed by atoms with E-state index >= 15 is 0 Å². The fourth-order valence-corrected chi connectivity index (χ4v) is 4.81. The van der Waals surface area contributed by atoms with Crippen LogP contribution in [0.15, 0.2) is 53.4 Å². The molecule has 1 saturated carbocycles. The molecule has 0 amide bonds. The molecule has 0 radical (unpaired) electrons. The summed E-state index contributed by atoms with van der Waals surface area (Å²) in [6.07, 6.45) is -4.09. The minimum Gasteiger partial charge on any atom is -0.490 e. The number of ether oxygens (including phenoxy) is 1. The first-order valence-electron chi connectivity index (χ1n) is 9.15. The van der Waals surface area contributed by atoms with Gasteiger partial charge < -0.3 is 4.74 Å². The molecular formula is C20H20F3NO4S. The lowest BCUT2D eigenvalue weighted by atomic mass is 9.61. The van der Waals surface area contributed by atoms with Crippen LogP contribution in [0.3, 0.4) is 0 Å². The van der Waals surface area contributed by atoms with Gasteiger partial charge in [0.2, 0.25) is 0 Å². The first kappa shape index (κ1) is 20.2.